The van der Waals surface area contributed by atoms with Gasteiger partial charge in [-0.15, -0.1) is 0 Å². The topological polar surface area (TPSA) is 48.1 Å². The standard InChI is InChI=1S/C5H10O3.C2H4O/c1-3-7-5(6)8-4-2;1-2-3-1/h3-4H2,1-2H3;1-2H2. The molecule has 0 aromatic carbocycles. The van der Waals surface area contributed by atoms with Crippen LogP contribution < -0.4 is 0 Å². The van der Waals surface area contributed by atoms with Crippen LogP contribution in [0.5, 0.6) is 0 Å². The van der Waals surface area contributed by atoms with E-state index < -0.39 is 6.16 Å². The summed E-state index contributed by atoms with van der Waals surface area (Å²) >= 11 is 0. The first-order valence-electron chi connectivity index (χ1n) is 3.68. The first kappa shape index (κ1) is 10.2. The van der Waals surface area contributed by atoms with E-state index in [-0.39, 0.29) is 0 Å². The van der Waals surface area contributed by atoms with E-state index in [4.69, 9.17) is 0 Å². The molecule has 1 fully saturated rings. The molecule has 0 radical (unpaired) electrons. The second-order valence-corrected chi connectivity index (χ2v) is 1.73. The normalized spacial score (nSPS) is 12.5. The third kappa shape index (κ3) is 12.4. The van der Waals surface area contributed by atoms with E-state index in [9.17, 15) is 4.79 Å². The van der Waals surface area contributed by atoms with Gasteiger partial charge < -0.3 is 14.2 Å². The van der Waals surface area contributed by atoms with Gasteiger partial charge in [0.2, 0.25) is 0 Å². The average molecular weight is 162 g/mol. The van der Waals surface area contributed by atoms with Gasteiger partial charge in [0.25, 0.3) is 0 Å². The van der Waals surface area contributed by atoms with Gasteiger partial charge in [-0.1, -0.05) is 0 Å². The minimum absolute atomic E-state index is 0.374. The molecule has 0 unspecified atom stereocenters. The Bertz CT molecular complexity index is 89.9. The van der Waals surface area contributed by atoms with Crippen molar-refractivity contribution in [2.24, 2.45) is 0 Å². The highest BCUT2D eigenvalue weighted by Crippen LogP contribution is 1.84. The minimum atomic E-state index is -0.588. The maximum Gasteiger partial charge on any atom is 0.508 e. The van der Waals surface area contributed by atoms with Crippen molar-refractivity contribution in [3.05, 3.63) is 0 Å². The predicted octanol–water partition coefficient (Wildman–Crippen LogP) is 1.20. The summed E-state index contributed by atoms with van der Waals surface area (Å²) in [4.78, 5) is 10.2. The van der Waals surface area contributed by atoms with Gasteiger partial charge in [-0.05, 0) is 13.8 Å². The van der Waals surface area contributed by atoms with E-state index in [1.807, 2.05) is 0 Å². The highest BCUT2D eigenvalue weighted by molar-refractivity contribution is 5.59. The van der Waals surface area contributed by atoms with Crippen LogP contribution in [0.25, 0.3) is 0 Å². The molecule has 0 aromatic rings. The minimum Gasteiger partial charge on any atom is -0.435 e. The SMILES string of the molecule is C1CO1.CCOC(=O)OCC. The van der Waals surface area contributed by atoms with Gasteiger partial charge >= 0.3 is 6.16 Å². The molecular formula is C7H14O4. The summed E-state index contributed by atoms with van der Waals surface area (Å²) in [5.74, 6) is 0. The molecule has 0 aromatic heterocycles. The van der Waals surface area contributed by atoms with E-state index in [1.54, 1.807) is 13.8 Å². The number of rotatable bonds is 2. The maximum atomic E-state index is 10.2. The molecule has 0 aliphatic carbocycles. The predicted molar refractivity (Wildman–Crippen MR) is 39.5 cm³/mol. The van der Waals surface area contributed by atoms with E-state index in [2.05, 4.69) is 14.2 Å². The fourth-order valence-electron chi connectivity index (χ4n) is 0.277. The quantitative estimate of drug-likeness (QED) is 0.452. The molecular weight excluding hydrogens is 148 g/mol. The molecule has 1 saturated heterocycles. The Morgan fingerprint density at radius 2 is 1.64 bits per heavy atom. The molecule has 0 saturated carbocycles. The molecule has 66 valence electrons. The molecule has 4 nitrogen and oxygen atoms in total. The monoisotopic (exact) mass is 162 g/mol. The fraction of sp³-hybridized carbons (Fsp3) is 0.857. The largest absolute Gasteiger partial charge is 0.508 e. The molecule has 0 atom stereocenters. The van der Waals surface area contributed by atoms with E-state index >= 15 is 0 Å². The summed E-state index contributed by atoms with van der Waals surface area (Å²) < 4.78 is 13.3. The third-order valence-corrected chi connectivity index (χ3v) is 0.729. The number of epoxide rings is 1. The van der Waals surface area contributed by atoms with Gasteiger partial charge in [0.15, 0.2) is 0 Å². The molecule has 0 spiro atoms. The zero-order valence-electron chi connectivity index (χ0n) is 6.96. The zero-order valence-corrected chi connectivity index (χ0v) is 6.96. The molecule has 11 heavy (non-hydrogen) atoms. The van der Waals surface area contributed by atoms with Crippen LogP contribution in [0, 0.1) is 0 Å². The van der Waals surface area contributed by atoms with Gasteiger partial charge in [-0.25, -0.2) is 4.79 Å². The van der Waals surface area contributed by atoms with Crippen LogP contribution in [0.1, 0.15) is 13.8 Å². The molecule has 0 bridgehead atoms. The third-order valence-electron chi connectivity index (χ3n) is 0.729. The average Bonchev–Trinajstić information content (AvgIpc) is 2.72. The molecule has 1 rings (SSSR count). The van der Waals surface area contributed by atoms with Crippen molar-refractivity contribution in [2.45, 2.75) is 13.8 Å². The smallest absolute Gasteiger partial charge is 0.435 e. The van der Waals surface area contributed by atoms with Crippen molar-refractivity contribution in [1.29, 1.82) is 0 Å². The van der Waals surface area contributed by atoms with Crippen molar-refractivity contribution >= 4 is 6.16 Å². The van der Waals surface area contributed by atoms with Gasteiger partial charge in [0.05, 0.1) is 26.4 Å². The van der Waals surface area contributed by atoms with Gasteiger partial charge in [-0.2, -0.15) is 0 Å². The number of hydrogen-bond acceptors (Lipinski definition) is 4. The van der Waals surface area contributed by atoms with Crippen molar-refractivity contribution in [1.82, 2.24) is 0 Å². The lowest BCUT2D eigenvalue weighted by Gasteiger charge is -1.98. The Balaban J connectivity index is 0.000000271. The molecule has 0 amide bonds. The zero-order chi connectivity index (χ0) is 8.53. The van der Waals surface area contributed by atoms with E-state index in [0.29, 0.717) is 13.2 Å². The van der Waals surface area contributed by atoms with Crippen molar-refractivity contribution in [3.8, 4) is 0 Å². The molecule has 1 aliphatic heterocycles. The Hall–Kier alpha value is -0.770. The number of carbonyl (C=O) groups excluding carboxylic acids is 1. The first-order chi connectivity index (χ1) is 5.31. The molecule has 0 N–H and O–H groups in total. The summed E-state index contributed by atoms with van der Waals surface area (Å²) in [6, 6.07) is 0. The maximum absolute atomic E-state index is 10.2. The van der Waals surface area contributed by atoms with E-state index in [0.717, 1.165) is 13.2 Å². The van der Waals surface area contributed by atoms with Crippen LogP contribution in [-0.4, -0.2) is 32.6 Å². The summed E-state index contributed by atoms with van der Waals surface area (Å²) in [5.41, 5.74) is 0. The van der Waals surface area contributed by atoms with Crippen LogP contribution in [0.15, 0.2) is 0 Å². The summed E-state index contributed by atoms with van der Waals surface area (Å²) in [7, 11) is 0. The fourth-order valence-corrected chi connectivity index (χ4v) is 0.277. The Kier molecular flexibility index (Phi) is 6.82. The Morgan fingerprint density at radius 1 is 1.27 bits per heavy atom. The lowest BCUT2D eigenvalue weighted by Crippen LogP contribution is -2.05. The Labute approximate surface area is 66.4 Å². The van der Waals surface area contributed by atoms with Crippen LogP contribution in [-0.2, 0) is 14.2 Å². The van der Waals surface area contributed by atoms with Crippen molar-refractivity contribution < 1.29 is 19.0 Å². The highest BCUT2D eigenvalue weighted by Gasteiger charge is 1.96. The van der Waals surface area contributed by atoms with Crippen molar-refractivity contribution in [2.75, 3.05) is 26.4 Å². The van der Waals surface area contributed by atoms with Crippen LogP contribution >= 0.6 is 0 Å². The number of ether oxygens (including phenoxy) is 3. The summed E-state index contributed by atoms with van der Waals surface area (Å²) in [6.07, 6.45) is -0.588. The molecule has 1 aliphatic rings. The van der Waals surface area contributed by atoms with Crippen molar-refractivity contribution in [3.63, 3.8) is 0 Å². The lowest BCUT2D eigenvalue weighted by molar-refractivity contribution is 0.0630. The highest BCUT2D eigenvalue weighted by atomic mass is 16.7. The van der Waals surface area contributed by atoms with E-state index in [1.165, 1.54) is 0 Å². The second-order valence-electron chi connectivity index (χ2n) is 1.73. The number of carbonyl (C=O) groups is 1. The second kappa shape index (κ2) is 7.34. The lowest BCUT2D eigenvalue weighted by atomic mass is 10.8. The molecule has 4 heteroatoms. The van der Waals surface area contributed by atoms with Crippen LogP contribution in [0.3, 0.4) is 0 Å². The summed E-state index contributed by atoms with van der Waals surface area (Å²) in [6.45, 7) is 6.21. The van der Waals surface area contributed by atoms with Crippen LogP contribution in [0.4, 0.5) is 4.79 Å². The summed E-state index contributed by atoms with van der Waals surface area (Å²) in [5, 5.41) is 0. The number of hydrogen-bond donors (Lipinski definition) is 0. The van der Waals surface area contributed by atoms with Gasteiger partial charge in [0, 0.05) is 0 Å². The van der Waals surface area contributed by atoms with Crippen LogP contribution in [0.2, 0.25) is 0 Å². The molecule has 1 heterocycles. The van der Waals surface area contributed by atoms with Gasteiger partial charge in [-0.3, -0.25) is 0 Å². The Morgan fingerprint density at radius 3 is 1.82 bits per heavy atom. The van der Waals surface area contributed by atoms with Gasteiger partial charge in [0.1, 0.15) is 0 Å². The first-order valence-corrected chi connectivity index (χ1v) is 3.68.